The molecule has 1 fully saturated rings. The van der Waals surface area contributed by atoms with E-state index in [1.165, 1.54) is 22.3 Å². The molecule has 0 aromatic heterocycles. The fourth-order valence-corrected chi connectivity index (χ4v) is 5.37. The molecule has 2 aliphatic rings. The highest BCUT2D eigenvalue weighted by Gasteiger charge is 2.25. The van der Waals surface area contributed by atoms with Crippen LogP contribution in [0.5, 0.6) is 11.5 Å². The highest BCUT2D eigenvalue weighted by molar-refractivity contribution is 6.00. The van der Waals surface area contributed by atoms with Crippen molar-refractivity contribution in [2.75, 3.05) is 26.3 Å². The van der Waals surface area contributed by atoms with Gasteiger partial charge in [-0.1, -0.05) is 42.5 Å². The summed E-state index contributed by atoms with van der Waals surface area (Å²) >= 11 is 0. The van der Waals surface area contributed by atoms with E-state index in [9.17, 15) is 14.6 Å². The lowest BCUT2D eigenvalue weighted by molar-refractivity contribution is 0.309. The van der Waals surface area contributed by atoms with E-state index >= 15 is 0 Å². The van der Waals surface area contributed by atoms with Crippen molar-refractivity contribution in [2.45, 2.75) is 31.6 Å². The summed E-state index contributed by atoms with van der Waals surface area (Å²) in [5, 5.41) is 19.8. The van der Waals surface area contributed by atoms with Gasteiger partial charge in [0, 0.05) is 13.1 Å². The van der Waals surface area contributed by atoms with Gasteiger partial charge in [-0.05, 0) is 101 Å². The molecular weight excluding hydrogens is 413 g/mol. The summed E-state index contributed by atoms with van der Waals surface area (Å²) in [6.45, 7) is 2.65. The highest BCUT2D eigenvalue weighted by atomic mass is 19.1. The Balaban J connectivity index is 1.50. The fourth-order valence-electron chi connectivity index (χ4n) is 5.37. The van der Waals surface area contributed by atoms with Crippen molar-refractivity contribution in [2.24, 2.45) is 0 Å². The van der Waals surface area contributed by atoms with Gasteiger partial charge in [0.05, 0.1) is 6.67 Å². The van der Waals surface area contributed by atoms with Gasteiger partial charge in [-0.2, -0.15) is 0 Å². The van der Waals surface area contributed by atoms with E-state index in [0.717, 1.165) is 55.6 Å². The monoisotopic (exact) mass is 443 g/mol. The molecule has 1 aliphatic heterocycles. The molecule has 170 valence electrons. The predicted octanol–water partition coefficient (Wildman–Crippen LogP) is 6.15. The third kappa shape index (κ3) is 4.53. The molecular formula is C29H30FNO2. The number of phenols is 2. The first-order valence-corrected chi connectivity index (χ1v) is 11.9. The smallest absolute Gasteiger partial charge is 0.115 e. The number of halogens is 1. The average molecular weight is 444 g/mol. The molecule has 0 saturated carbocycles. The van der Waals surface area contributed by atoms with Gasteiger partial charge < -0.3 is 15.1 Å². The van der Waals surface area contributed by atoms with Crippen molar-refractivity contribution < 1.29 is 14.6 Å². The summed E-state index contributed by atoms with van der Waals surface area (Å²) in [5.41, 5.74) is 8.41. The lowest BCUT2D eigenvalue weighted by Crippen LogP contribution is -2.21. The molecule has 3 aromatic rings. The Hall–Kier alpha value is -3.11. The zero-order chi connectivity index (χ0) is 22.8. The number of aryl methyl sites for hydroxylation is 1. The van der Waals surface area contributed by atoms with Crippen molar-refractivity contribution in [1.82, 2.24) is 4.90 Å². The zero-order valence-corrected chi connectivity index (χ0v) is 18.8. The van der Waals surface area contributed by atoms with Gasteiger partial charge in [0.15, 0.2) is 0 Å². The van der Waals surface area contributed by atoms with Crippen LogP contribution in [0.2, 0.25) is 0 Å². The number of fused-ring (bicyclic) bond motifs is 1. The highest BCUT2D eigenvalue weighted by Crippen LogP contribution is 2.42. The molecule has 1 aliphatic carbocycles. The summed E-state index contributed by atoms with van der Waals surface area (Å²) in [4.78, 5) is 2.37. The average Bonchev–Trinajstić information content (AvgIpc) is 3.31. The molecule has 0 radical (unpaired) electrons. The van der Waals surface area contributed by atoms with Crippen LogP contribution in [-0.2, 0) is 6.42 Å². The van der Waals surface area contributed by atoms with E-state index in [1.54, 1.807) is 18.2 Å². The Morgan fingerprint density at radius 1 is 0.848 bits per heavy atom. The summed E-state index contributed by atoms with van der Waals surface area (Å²) in [7, 11) is 0. The number of phenolic OH excluding ortho intramolecular Hbond substituents is 2. The van der Waals surface area contributed by atoms with Gasteiger partial charge >= 0.3 is 0 Å². The Morgan fingerprint density at radius 3 is 2.33 bits per heavy atom. The molecule has 4 heteroatoms. The third-order valence-corrected chi connectivity index (χ3v) is 7.07. The van der Waals surface area contributed by atoms with Crippen molar-refractivity contribution in [3.05, 3.63) is 94.5 Å². The molecule has 0 unspecified atom stereocenters. The largest absolute Gasteiger partial charge is 0.508 e. The second kappa shape index (κ2) is 9.40. The molecule has 3 aromatic carbocycles. The number of hydrogen-bond acceptors (Lipinski definition) is 3. The lowest BCUT2D eigenvalue weighted by atomic mass is 9.79. The van der Waals surface area contributed by atoms with Crippen LogP contribution in [0, 0.1) is 0 Å². The Bertz CT molecular complexity index is 1150. The minimum absolute atomic E-state index is 0.242. The van der Waals surface area contributed by atoms with E-state index < -0.39 is 0 Å². The van der Waals surface area contributed by atoms with Crippen LogP contribution in [0.3, 0.4) is 0 Å². The van der Waals surface area contributed by atoms with Gasteiger partial charge in [-0.3, -0.25) is 4.39 Å². The quantitative estimate of drug-likeness (QED) is 0.480. The number of benzene rings is 3. The first-order valence-electron chi connectivity index (χ1n) is 11.9. The molecule has 5 rings (SSSR count). The van der Waals surface area contributed by atoms with Crippen LogP contribution < -0.4 is 0 Å². The van der Waals surface area contributed by atoms with Crippen molar-refractivity contribution >= 4 is 11.1 Å². The Labute approximate surface area is 194 Å². The van der Waals surface area contributed by atoms with Crippen LogP contribution in [0.15, 0.2) is 66.7 Å². The number of aromatic hydroxyl groups is 2. The van der Waals surface area contributed by atoms with E-state index in [0.29, 0.717) is 18.1 Å². The van der Waals surface area contributed by atoms with Crippen molar-refractivity contribution in [3.8, 4) is 11.5 Å². The molecule has 1 heterocycles. The van der Waals surface area contributed by atoms with Gasteiger partial charge in [-0.25, -0.2) is 0 Å². The van der Waals surface area contributed by atoms with Gasteiger partial charge in [-0.15, -0.1) is 0 Å². The first kappa shape index (κ1) is 21.7. The maximum absolute atomic E-state index is 12.5. The molecule has 1 saturated heterocycles. The lowest BCUT2D eigenvalue weighted by Gasteiger charge is -2.25. The van der Waals surface area contributed by atoms with Gasteiger partial charge in [0.2, 0.25) is 0 Å². The summed E-state index contributed by atoms with van der Waals surface area (Å²) in [6.07, 6.45) is 3.49. The van der Waals surface area contributed by atoms with Crippen LogP contribution in [0.25, 0.3) is 11.1 Å². The zero-order valence-electron chi connectivity index (χ0n) is 18.8. The molecule has 3 nitrogen and oxygen atoms in total. The first-order chi connectivity index (χ1) is 16.1. The summed E-state index contributed by atoms with van der Waals surface area (Å²) in [5.74, 6) is 1.07. The van der Waals surface area contributed by atoms with Crippen molar-refractivity contribution in [3.63, 3.8) is 0 Å². The number of nitrogens with zero attached hydrogens (tertiary/aromatic N) is 1. The minimum atomic E-state index is -0.242. The summed E-state index contributed by atoms with van der Waals surface area (Å²) in [6, 6.07) is 22.0. The van der Waals surface area contributed by atoms with E-state index in [1.807, 2.05) is 24.3 Å². The standard InChI is InChI=1S/C29H30FNO2/c30-15-1-16-31-17-14-24(19-31)20-2-4-22(5-3-20)29-27(21-6-9-25(32)10-7-21)12-8-23-18-26(33)11-13-28(23)29/h2-7,9-11,13,18,24,32-33H,1,8,12,14-17,19H2/t24-/m1/s1. The second-order valence-electron chi connectivity index (χ2n) is 9.19. The topological polar surface area (TPSA) is 43.7 Å². The van der Waals surface area contributed by atoms with Crippen LogP contribution in [0.4, 0.5) is 4.39 Å². The molecule has 1 atom stereocenters. The maximum Gasteiger partial charge on any atom is 0.115 e. The van der Waals surface area contributed by atoms with Crippen molar-refractivity contribution in [1.29, 1.82) is 0 Å². The Kier molecular flexibility index (Phi) is 6.19. The molecule has 0 bridgehead atoms. The molecule has 0 amide bonds. The van der Waals surface area contributed by atoms with Crippen LogP contribution in [-0.4, -0.2) is 41.4 Å². The predicted molar refractivity (Wildman–Crippen MR) is 131 cm³/mol. The molecule has 2 N–H and O–H groups in total. The SMILES string of the molecule is Oc1ccc(C2=C(c3ccc([C@@H]4CCN(CCCF)C4)cc3)c3ccc(O)cc3CC2)cc1. The van der Waals surface area contributed by atoms with E-state index in [2.05, 4.69) is 29.2 Å². The molecule has 0 spiro atoms. The number of rotatable bonds is 6. The maximum atomic E-state index is 12.5. The number of allylic oxidation sites excluding steroid dienone is 1. The van der Waals surface area contributed by atoms with Gasteiger partial charge in [0.1, 0.15) is 11.5 Å². The minimum Gasteiger partial charge on any atom is -0.508 e. The van der Waals surface area contributed by atoms with Gasteiger partial charge in [0.25, 0.3) is 0 Å². The number of likely N-dealkylation sites (tertiary alicyclic amines) is 1. The summed E-state index contributed by atoms with van der Waals surface area (Å²) < 4.78 is 12.5. The second-order valence-corrected chi connectivity index (χ2v) is 9.19. The number of alkyl halides is 1. The van der Waals surface area contributed by atoms with E-state index in [4.69, 9.17) is 0 Å². The Morgan fingerprint density at radius 2 is 1.58 bits per heavy atom. The third-order valence-electron chi connectivity index (χ3n) is 7.07. The van der Waals surface area contributed by atoms with Crippen LogP contribution >= 0.6 is 0 Å². The normalized spacial score (nSPS) is 18.5. The van der Waals surface area contributed by atoms with Crippen LogP contribution in [0.1, 0.15) is 53.0 Å². The molecule has 33 heavy (non-hydrogen) atoms. The number of hydrogen-bond donors (Lipinski definition) is 2. The fraction of sp³-hybridized carbons (Fsp3) is 0.310. The van der Waals surface area contributed by atoms with E-state index in [-0.39, 0.29) is 12.4 Å².